The Labute approximate surface area is 173 Å². The fourth-order valence-electron chi connectivity index (χ4n) is 3.03. The van der Waals surface area contributed by atoms with E-state index in [1.165, 1.54) is 6.20 Å². The highest BCUT2D eigenvalue weighted by Crippen LogP contribution is 2.36. The number of rotatable bonds is 4. The Bertz CT molecular complexity index is 815. The molecule has 2 heterocycles. The highest BCUT2D eigenvalue weighted by Gasteiger charge is 2.39. The molecule has 0 spiro atoms. The van der Waals surface area contributed by atoms with E-state index in [-0.39, 0.29) is 17.9 Å². The Balaban J connectivity index is 2.30. The maximum absolute atomic E-state index is 12.4. The Kier molecular flexibility index (Phi) is 6.55. The van der Waals surface area contributed by atoms with Crippen molar-refractivity contribution < 1.29 is 19.1 Å². The molecule has 1 unspecified atom stereocenters. The molecule has 1 amide bonds. The van der Waals surface area contributed by atoms with Gasteiger partial charge >= 0.3 is 12.1 Å². The molecule has 0 aliphatic carbocycles. The number of anilines is 1. The maximum Gasteiger partial charge on any atom is 0.408 e. The van der Waals surface area contributed by atoms with Crippen LogP contribution in [0.3, 0.4) is 0 Å². The number of hydrogen-bond donors (Lipinski definition) is 1. The second kappa shape index (κ2) is 8.35. The number of carbonyl (C=O) groups excluding carboxylic acids is 2. The molecule has 1 saturated heterocycles. The monoisotopic (exact) mass is 452 g/mol. The molecule has 0 bridgehead atoms. The summed E-state index contributed by atoms with van der Waals surface area (Å²) >= 11 is 3.40. The maximum atomic E-state index is 12.4. The van der Waals surface area contributed by atoms with Crippen molar-refractivity contribution in [2.75, 3.05) is 24.6 Å². The van der Waals surface area contributed by atoms with E-state index in [9.17, 15) is 14.9 Å². The van der Waals surface area contributed by atoms with E-state index in [1.54, 1.807) is 27.7 Å². The summed E-state index contributed by atoms with van der Waals surface area (Å²) in [7, 11) is 0. The Hall–Kier alpha value is -2.34. The molecular formula is C19H25BrN4O4. The average Bonchev–Trinajstić information content (AvgIpc) is 2.94. The SMILES string of the molecule is CCOC(=O)c1cnc(C#N)c(Br)c1N1CCC(C)(NC(=O)OC(C)(C)C)C1. The molecule has 0 radical (unpaired) electrons. The number of carbonyl (C=O) groups is 2. The molecule has 1 aromatic heterocycles. The predicted octanol–water partition coefficient (Wildman–Crippen LogP) is 3.39. The summed E-state index contributed by atoms with van der Waals surface area (Å²) in [4.78, 5) is 30.6. The van der Waals surface area contributed by atoms with Gasteiger partial charge in [-0.15, -0.1) is 0 Å². The quantitative estimate of drug-likeness (QED) is 0.697. The lowest BCUT2D eigenvalue weighted by atomic mass is 10.0. The van der Waals surface area contributed by atoms with Crippen LogP contribution < -0.4 is 10.2 Å². The van der Waals surface area contributed by atoms with Crippen LogP contribution in [0.15, 0.2) is 10.7 Å². The largest absolute Gasteiger partial charge is 0.462 e. The van der Waals surface area contributed by atoms with Gasteiger partial charge < -0.3 is 19.7 Å². The number of esters is 1. The van der Waals surface area contributed by atoms with E-state index in [0.29, 0.717) is 29.7 Å². The van der Waals surface area contributed by atoms with Gasteiger partial charge in [0.15, 0.2) is 5.69 Å². The van der Waals surface area contributed by atoms with Crippen molar-refractivity contribution in [3.63, 3.8) is 0 Å². The van der Waals surface area contributed by atoms with E-state index in [0.717, 1.165) is 0 Å². The molecule has 1 N–H and O–H groups in total. The zero-order valence-electron chi connectivity index (χ0n) is 16.8. The summed E-state index contributed by atoms with van der Waals surface area (Å²) in [6.45, 7) is 10.3. The molecule has 1 aliphatic rings. The molecule has 0 saturated carbocycles. The molecule has 8 nitrogen and oxygen atoms in total. The second-order valence-electron chi connectivity index (χ2n) is 7.87. The first-order valence-electron chi connectivity index (χ1n) is 9.01. The van der Waals surface area contributed by atoms with Gasteiger partial charge in [0.05, 0.1) is 22.3 Å². The molecule has 1 aromatic rings. The predicted molar refractivity (Wildman–Crippen MR) is 107 cm³/mol. The summed E-state index contributed by atoms with van der Waals surface area (Å²) in [5.74, 6) is -0.510. The van der Waals surface area contributed by atoms with Crippen molar-refractivity contribution in [3.8, 4) is 6.07 Å². The average molecular weight is 453 g/mol. The van der Waals surface area contributed by atoms with Crippen LogP contribution in [0.5, 0.6) is 0 Å². The van der Waals surface area contributed by atoms with Gasteiger partial charge in [0.25, 0.3) is 0 Å². The van der Waals surface area contributed by atoms with E-state index in [1.807, 2.05) is 17.9 Å². The van der Waals surface area contributed by atoms with Crippen molar-refractivity contribution in [3.05, 3.63) is 21.9 Å². The molecule has 1 atom stereocenters. The van der Waals surface area contributed by atoms with Crippen LogP contribution in [-0.4, -0.2) is 47.9 Å². The number of nitrogens with one attached hydrogen (secondary N) is 1. The zero-order chi connectivity index (χ0) is 21.1. The lowest BCUT2D eigenvalue weighted by Gasteiger charge is -2.29. The highest BCUT2D eigenvalue weighted by atomic mass is 79.9. The number of ether oxygens (including phenoxy) is 2. The number of amides is 1. The number of aromatic nitrogens is 1. The van der Waals surface area contributed by atoms with Crippen LogP contribution in [0.2, 0.25) is 0 Å². The molecular weight excluding hydrogens is 428 g/mol. The fourth-order valence-corrected chi connectivity index (χ4v) is 3.68. The minimum absolute atomic E-state index is 0.178. The van der Waals surface area contributed by atoms with Gasteiger partial charge in [-0.05, 0) is 57.0 Å². The first kappa shape index (κ1) is 22.0. The number of alkyl carbamates (subject to hydrolysis) is 1. The standard InChI is InChI=1S/C19H25BrN4O4/c1-6-27-16(25)12-10-22-13(9-21)14(20)15(12)24-8-7-19(5,11-24)23-17(26)28-18(2,3)4/h10H,6-8,11H2,1-5H3,(H,23,26). The van der Waals surface area contributed by atoms with E-state index in [2.05, 4.69) is 26.2 Å². The number of hydrogen-bond acceptors (Lipinski definition) is 7. The normalized spacial score (nSPS) is 19.1. The topological polar surface area (TPSA) is 105 Å². The van der Waals surface area contributed by atoms with Gasteiger partial charge in [0, 0.05) is 19.3 Å². The number of pyridine rings is 1. The van der Waals surface area contributed by atoms with Crippen LogP contribution in [0.4, 0.5) is 10.5 Å². The summed E-state index contributed by atoms with van der Waals surface area (Å²) in [5.41, 5.74) is -0.152. The van der Waals surface area contributed by atoms with E-state index < -0.39 is 23.2 Å². The molecule has 1 fully saturated rings. The van der Waals surface area contributed by atoms with Crippen molar-refractivity contribution in [1.29, 1.82) is 5.26 Å². The fraction of sp³-hybridized carbons (Fsp3) is 0.579. The minimum Gasteiger partial charge on any atom is -0.462 e. The molecule has 9 heteroatoms. The lowest BCUT2D eigenvalue weighted by molar-refractivity contribution is 0.0470. The van der Waals surface area contributed by atoms with Crippen LogP contribution in [-0.2, 0) is 9.47 Å². The van der Waals surface area contributed by atoms with Crippen molar-refractivity contribution in [2.45, 2.75) is 52.2 Å². The Morgan fingerprint density at radius 3 is 2.71 bits per heavy atom. The smallest absolute Gasteiger partial charge is 0.408 e. The van der Waals surface area contributed by atoms with Gasteiger partial charge in [-0.2, -0.15) is 5.26 Å². The highest BCUT2D eigenvalue weighted by molar-refractivity contribution is 9.10. The third-order valence-corrected chi connectivity index (χ3v) is 4.94. The summed E-state index contributed by atoms with van der Waals surface area (Å²) < 4.78 is 10.9. The summed E-state index contributed by atoms with van der Waals surface area (Å²) in [6, 6.07) is 2.01. The van der Waals surface area contributed by atoms with Gasteiger partial charge in [-0.1, -0.05) is 0 Å². The van der Waals surface area contributed by atoms with Gasteiger partial charge in [-0.3, -0.25) is 0 Å². The molecule has 152 valence electrons. The summed E-state index contributed by atoms with van der Waals surface area (Å²) in [6.07, 6.45) is 1.51. The minimum atomic E-state index is -0.592. The third-order valence-electron chi connectivity index (χ3n) is 4.19. The van der Waals surface area contributed by atoms with Crippen LogP contribution in [0.1, 0.15) is 57.1 Å². The first-order chi connectivity index (χ1) is 13.0. The van der Waals surface area contributed by atoms with E-state index >= 15 is 0 Å². The number of nitrogens with zero attached hydrogens (tertiary/aromatic N) is 3. The molecule has 1 aliphatic heterocycles. The van der Waals surface area contributed by atoms with Gasteiger partial charge in [-0.25, -0.2) is 14.6 Å². The summed E-state index contributed by atoms with van der Waals surface area (Å²) in [5, 5.41) is 12.2. The number of nitriles is 1. The van der Waals surface area contributed by atoms with Crippen molar-refractivity contribution >= 4 is 33.7 Å². The van der Waals surface area contributed by atoms with E-state index in [4.69, 9.17) is 9.47 Å². The first-order valence-corrected chi connectivity index (χ1v) is 9.81. The third kappa shape index (κ3) is 5.13. The van der Waals surface area contributed by atoms with Gasteiger partial charge in [0.1, 0.15) is 17.2 Å². The van der Waals surface area contributed by atoms with Crippen LogP contribution >= 0.6 is 15.9 Å². The molecule has 0 aromatic carbocycles. The second-order valence-corrected chi connectivity index (χ2v) is 8.67. The Morgan fingerprint density at radius 2 is 2.14 bits per heavy atom. The van der Waals surface area contributed by atoms with Crippen molar-refractivity contribution in [2.24, 2.45) is 0 Å². The van der Waals surface area contributed by atoms with Crippen LogP contribution in [0, 0.1) is 11.3 Å². The molecule has 2 rings (SSSR count). The molecule has 28 heavy (non-hydrogen) atoms. The van der Waals surface area contributed by atoms with Gasteiger partial charge in [0.2, 0.25) is 0 Å². The van der Waals surface area contributed by atoms with Crippen LogP contribution in [0.25, 0.3) is 0 Å². The lowest BCUT2D eigenvalue weighted by Crippen LogP contribution is -2.49. The number of halogens is 1. The Morgan fingerprint density at radius 1 is 1.46 bits per heavy atom. The van der Waals surface area contributed by atoms with Crippen molar-refractivity contribution in [1.82, 2.24) is 10.3 Å². The zero-order valence-corrected chi connectivity index (χ0v) is 18.3.